The molecule has 0 saturated heterocycles. The minimum Gasteiger partial charge on any atom is -0.356 e. The predicted molar refractivity (Wildman–Crippen MR) is 118 cm³/mol. The van der Waals surface area contributed by atoms with Crippen molar-refractivity contribution in [3.05, 3.63) is 59.1 Å². The third-order valence-corrected chi connectivity index (χ3v) is 4.59. The molecule has 0 aliphatic heterocycles. The Hall–Kier alpha value is -2.70. The molecule has 1 aliphatic rings. The number of allylic oxidation sites excluding steroid dienone is 7. The Morgan fingerprint density at radius 1 is 1.38 bits per heavy atom. The Labute approximate surface area is 175 Å². The third-order valence-electron chi connectivity index (χ3n) is 3.62. The van der Waals surface area contributed by atoms with E-state index in [0.29, 0.717) is 30.1 Å². The molecule has 156 valence electrons. The van der Waals surface area contributed by atoms with Crippen molar-refractivity contribution in [2.75, 3.05) is 26.5 Å². The molecule has 0 bridgehead atoms. The number of aliphatic imine (C=N–C) groups is 2. The van der Waals surface area contributed by atoms with Crippen molar-refractivity contribution in [2.24, 2.45) is 9.98 Å². The zero-order valence-corrected chi connectivity index (χ0v) is 17.8. The van der Waals surface area contributed by atoms with Crippen LogP contribution in [0.15, 0.2) is 69.1 Å². The highest BCUT2D eigenvalue weighted by Crippen LogP contribution is 2.20. The number of halogens is 2. The van der Waals surface area contributed by atoms with Gasteiger partial charge in [-0.3, -0.25) is 9.98 Å². The van der Waals surface area contributed by atoms with Gasteiger partial charge in [0.1, 0.15) is 17.4 Å². The Balaban J connectivity index is 3.27. The number of nitrogens with zero attached hydrogens (tertiary/aromatic N) is 3. The van der Waals surface area contributed by atoms with Gasteiger partial charge in [0.05, 0.1) is 35.8 Å². The molecule has 0 spiro atoms. The van der Waals surface area contributed by atoms with E-state index in [1.54, 1.807) is 26.2 Å². The molecule has 9 heteroatoms. The molecular formula is C20H26F2N6S. The molecule has 0 atom stereocenters. The van der Waals surface area contributed by atoms with Gasteiger partial charge in [0, 0.05) is 12.8 Å². The molecule has 0 fully saturated rings. The quantitative estimate of drug-likeness (QED) is 0.217. The van der Waals surface area contributed by atoms with Crippen molar-refractivity contribution in [3.63, 3.8) is 0 Å². The molecule has 3 N–H and O–H groups in total. The maximum atomic E-state index is 15.0. The lowest BCUT2D eigenvalue weighted by Gasteiger charge is -2.18. The molecule has 0 amide bonds. The van der Waals surface area contributed by atoms with Crippen LogP contribution in [0.5, 0.6) is 0 Å². The van der Waals surface area contributed by atoms with Gasteiger partial charge < -0.3 is 15.4 Å². The Morgan fingerprint density at radius 2 is 2.14 bits per heavy atom. The highest BCUT2D eigenvalue weighted by Gasteiger charge is 2.21. The second-order valence-corrected chi connectivity index (χ2v) is 6.68. The first-order valence-corrected chi connectivity index (χ1v) is 10.00. The number of nitriles is 1. The highest BCUT2D eigenvalue weighted by molar-refractivity contribution is 7.97. The first kappa shape index (κ1) is 24.3. The maximum absolute atomic E-state index is 15.0. The van der Waals surface area contributed by atoms with Crippen LogP contribution in [-0.4, -0.2) is 37.9 Å². The van der Waals surface area contributed by atoms with Crippen LogP contribution in [0.1, 0.15) is 20.3 Å². The topological polar surface area (TPSA) is 84.6 Å². The predicted octanol–water partition coefficient (Wildman–Crippen LogP) is 3.83. The highest BCUT2D eigenvalue weighted by atomic mass is 32.2. The average Bonchev–Trinajstić information content (AvgIpc) is 2.73. The summed E-state index contributed by atoms with van der Waals surface area (Å²) in [5.74, 6) is 0.182. The maximum Gasteiger partial charge on any atom is 0.166 e. The van der Waals surface area contributed by atoms with E-state index >= 15 is 0 Å². The summed E-state index contributed by atoms with van der Waals surface area (Å²) in [6.45, 7) is 3.86. The molecule has 1 aliphatic carbocycles. The van der Waals surface area contributed by atoms with Gasteiger partial charge in [0.25, 0.3) is 0 Å². The fraction of sp³-hybridized carbons (Fsp3) is 0.350. The largest absolute Gasteiger partial charge is 0.356 e. The van der Waals surface area contributed by atoms with E-state index in [1.165, 1.54) is 24.9 Å². The van der Waals surface area contributed by atoms with E-state index in [0.717, 1.165) is 18.2 Å². The standard InChI is InChI=1S/C20H26F2N6S/c1-5-11-29-28-17(7-6-10-21)19(22)14(2)27-16-8-9-18(25-4)20(15(16)12-23)26-13-24-3/h6-10,24,27-28H,5,11,13H2,1-4H3/b10-6+,17-7+,19-14-,25-18?,26-20-. The van der Waals surface area contributed by atoms with Crippen LogP contribution in [0.25, 0.3) is 0 Å². The lowest BCUT2D eigenvalue weighted by Crippen LogP contribution is -2.26. The smallest absolute Gasteiger partial charge is 0.166 e. The second kappa shape index (κ2) is 13.5. The van der Waals surface area contributed by atoms with E-state index in [9.17, 15) is 14.0 Å². The van der Waals surface area contributed by atoms with Crippen LogP contribution >= 0.6 is 11.9 Å². The zero-order chi connectivity index (χ0) is 21.6. The van der Waals surface area contributed by atoms with E-state index in [-0.39, 0.29) is 17.0 Å². The molecule has 0 radical (unpaired) electrons. The Morgan fingerprint density at radius 3 is 2.72 bits per heavy atom. The number of hydrogen-bond donors (Lipinski definition) is 3. The first-order valence-electron chi connectivity index (χ1n) is 9.01. The van der Waals surface area contributed by atoms with Gasteiger partial charge in [-0.15, -0.1) is 0 Å². The summed E-state index contributed by atoms with van der Waals surface area (Å²) in [6.07, 6.45) is 7.01. The van der Waals surface area contributed by atoms with Gasteiger partial charge in [0.2, 0.25) is 0 Å². The summed E-state index contributed by atoms with van der Waals surface area (Å²) in [6, 6.07) is 2.11. The van der Waals surface area contributed by atoms with Crippen molar-refractivity contribution in [1.82, 2.24) is 15.4 Å². The molecule has 6 nitrogen and oxygen atoms in total. The van der Waals surface area contributed by atoms with Gasteiger partial charge in [-0.1, -0.05) is 18.9 Å². The second-order valence-electron chi connectivity index (χ2n) is 5.77. The van der Waals surface area contributed by atoms with Crippen molar-refractivity contribution >= 4 is 23.4 Å². The lowest BCUT2D eigenvalue weighted by atomic mass is 9.98. The minimum atomic E-state index is -0.589. The van der Waals surface area contributed by atoms with E-state index in [2.05, 4.69) is 31.4 Å². The number of rotatable bonds is 10. The van der Waals surface area contributed by atoms with E-state index < -0.39 is 5.83 Å². The van der Waals surface area contributed by atoms with Gasteiger partial charge in [-0.2, -0.15) is 5.26 Å². The molecule has 0 saturated carbocycles. The van der Waals surface area contributed by atoms with Crippen LogP contribution in [-0.2, 0) is 0 Å². The summed E-state index contributed by atoms with van der Waals surface area (Å²) in [7, 11) is 3.36. The van der Waals surface area contributed by atoms with Crippen LogP contribution in [0.2, 0.25) is 0 Å². The van der Waals surface area contributed by atoms with Crippen LogP contribution in [0.3, 0.4) is 0 Å². The summed E-state index contributed by atoms with van der Waals surface area (Å²) in [5.41, 5.74) is 1.96. The number of nitrogens with one attached hydrogen (secondary N) is 3. The Bertz CT molecular complexity index is 828. The van der Waals surface area contributed by atoms with Crippen molar-refractivity contribution in [3.8, 4) is 6.07 Å². The van der Waals surface area contributed by atoms with Crippen molar-refractivity contribution in [1.29, 1.82) is 5.26 Å². The molecule has 29 heavy (non-hydrogen) atoms. The van der Waals surface area contributed by atoms with Crippen molar-refractivity contribution in [2.45, 2.75) is 20.3 Å². The van der Waals surface area contributed by atoms with Gasteiger partial charge in [-0.25, -0.2) is 8.78 Å². The monoisotopic (exact) mass is 420 g/mol. The van der Waals surface area contributed by atoms with Crippen LogP contribution in [0.4, 0.5) is 8.78 Å². The molecule has 0 heterocycles. The molecule has 0 aromatic carbocycles. The number of hydrogen-bond acceptors (Lipinski definition) is 7. The van der Waals surface area contributed by atoms with Crippen LogP contribution in [0, 0.1) is 11.3 Å². The molecule has 0 aromatic heterocycles. The molecule has 0 aromatic rings. The molecule has 1 rings (SSSR count). The van der Waals surface area contributed by atoms with Gasteiger partial charge >= 0.3 is 0 Å². The third kappa shape index (κ3) is 7.33. The van der Waals surface area contributed by atoms with E-state index in [4.69, 9.17) is 0 Å². The zero-order valence-electron chi connectivity index (χ0n) is 17.0. The summed E-state index contributed by atoms with van der Waals surface area (Å²) >= 11 is 1.32. The summed E-state index contributed by atoms with van der Waals surface area (Å²) < 4.78 is 30.2. The normalized spacial score (nSPS) is 18.4. The fourth-order valence-electron chi connectivity index (χ4n) is 2.27. The molecule has 0 unspecified atom stereocenters. The minimum absolute atomic E-state index is 0.126. The fourth-order valence-corrected chi connectivity index (χ4v) is 2.89. The summed E-state index contributed by atoms with van der Waals surface area (Å²) in [4.78, 5) is 8.49. The van der Waals surface area contributed by atoms with Crippen LogP contribution < -0.4 is 15.4 Å². The van der Waals surface area contributed by atoms with Crippen molar-refractivity contribution < 1.29 is 8.78 Å². The average molecular weight is 421 g/mol. The van der Waals surface area contributed by atoms with Gasteiger partial charge in [0.15, 0.2) is 5.83 Å². The Kier molecular flexibility index (Phi) is 11.3. The first-order chi connectivity index (χ1) is 14.0. The van der Waals surface area contributed by atoms with E-state index in [1.807, 2.05) is 6.92 Å². The lowest BCUT2D eigenvalue weighted by molar-refractivity contribution is 0.620. The van der Waals surface area contributed by atoms with Gasteiger partial charge in [-0.05, 0) is 44.7 Å². The summed E-state index contributed by atoms with van der Waals surface area (Å²) in [5, 5.41) is 15.5. The molecular weight excluding hydrogens is 394 g/mol. The SMILES string of the molecule is CCCSNC(=C/C=C/F)/C(F)=C(\C)NC1=C(C#N)/C(=N/CNC)C(=NC)C=C1.